The molecule has 0 unspecified atom stereocenters. The van der Waals surface area contributed by atoms with Crippen LogP contribution >= 0.6 is 0 Å². The molecule has 1 N–H and O–H groups in total. The van der Waals surface area contributed by atoms with Crippen LogP contribution in [0.3, 0.4) is 0 Å². The van der Waals surface area contributed by atoms with Crippen molar-refractivity contribution in [1.82, 2.24) is 0 Å². The zero-order valence-corrected chi connectivity index (χ0v) is 10.6. The van der Waals surface area contributed by atoms with Crippen molar-refractivity contribution >= 4 is 11.8 Å². The van der Waals surface area contributed by atoms with Crippen LogP contribution in [0.2, 0.25) is 0 Å². The predicted octanol–water partition coefficient (Wildman–Crippen LogP) is 2.55. The first-order valence-electron chi connectivity index (χ1n) is 5.75. The first kappa shape index (κ1) is 13.7. The molecular formula is C15H11FO4. The Balaban J connectivity index is 2.40. The van der Waals surface area contributed by atoms with Crippen LogP contribution in [0.25, 0.3) is 0 Å². The van der Waals surface area contributed by atoms with Crippen LogP contribution in [0, 0.1) is 5.82 Å². The summed E-state index contributed by atoms with van der Waals surface area (Å²) < 4.78 is 18.0. The number of carbonyl (C=O) groups excluding carboxylic acids is 2. The summed E-state index contributed by atoms with van der Waals surface area (Å²) in [6, 6.07) is 9.25. The average Bonchev–Trinajstić information content (AvgIpc) is 2.46. The van der Waals surface area contributed by atoms with Crippen LogP contribution in [0.1, 0.15) is 26.3 Å². The van der Waals surface area contributed by atoms with Gasteiger partial charge in [0.2, 0.25) is 0 Å². The Morgan fingerprint density at radius 1 is 1.10 bits per heavy atom. The molecule has 0 aliphatic carbocycles. The smallest absolute Gasteiger partial charge is 0.341 e. The number of hydrogen-bond donors (Lipinski definition) is 1. The Bertz CT molecular complexity index is 679. The van der Waals surface area contributed by atoms with Crippen LogP contribution in [-0.4, -0.2) is 24.0 Å². The summed E-state index contributed by atoms with van der Waals surface area (Å²) in [5.41, 5.74) is -0.0736. The molecule has 2 aromatic carbocycles. The fraction of sp³-hybridized carbons (Fsp3) is 0.0667. The van der Waals surface area contributed by atoms with Crippen molar-refractivity contribution in [3.05, 3.63) is 65.0 Å². The van der Waals surface area contributed by atoms with Gasteiger partial charge in [-0.25, -0.2) is 9.18 Å². The number of halogens is 1. The van der Waals surface area contributed by atoms with E-state index in [1.165, 1.54) is 37.4 Å². The number of methoxy groups -OCH3 is 1. The van der Waals surface area contributed by atoms with E-state index in [1.807, 2.05) is 0 Å². The van der Waals surface area contributed by atoms with Gasteiger partial charge in [0.05, 0.1) is 12.7 Å². The van der Waals surface area contributed by atoms with Gasteiger partial charge >= 0.3 is 5.97 Å². The van der Waals surface area contributed by atoms with E-state index in [2.05, 4.69) is 4.74 Å². The zero-order valence-electron chi connectivity index (χ0n) is 10.6. The Kier molecular flexibility index (Phi) is 3.79. The van der Waals surface area contributed by atoms with Gasteiger partial charge in [-0.1, -0.05) is 12.1 Å². The predicted molar refractivity (Wildman–Crippen MR) is 69.3 cm³/mol. The number of ether oxygens (including phenoxy) is 1. The SMILES string of the molecule is COC(=O)c1ccc(C(=O)c2ccccc2F)cc1O. The minimum atomic E-state index is -0.715. The van der Waals surface area contributed by atoms with Crippen molar-refractivity contribution in [2.24, 2.45) is 0 Å². The second-order valence-corrected chi connectivity index (χ2v) is 4.03. The number of carbonyl (C=O) groups is 2. The van der Waals surface area contributed by atoms with Crippen LogP contribution < -0.4 is 0 Å². The van der Waals surface area contributed by atoms with Crippen molar-refractivity contribution in [3.63, 3.8) is 0 Å². The molecule has 0 amide bonds. The van der Waals surface area contributed by atoms with Gasteiger partial charge in [0.1, 0.15) is 17.1 Å². The molecule has 0 bridgehead atoms. The minimum absolute atomic E-state index is 0.0578. The van der Waals surface area contributed by atoms with E-state index in [0.29, 0.717) is 0 Å². The zero-order chi connectivity index (χ0) is 14.7. The first-order valence-corrected chi connectivity index (χ1v) is 5.75. The molecule has 0 fully saturated rings. The van der Waals surface area contributed by atoms with Crippen molar-refractivity contribution < 1.29 is 23.8 Å². The van der Waals surface area contributed by atoms with Gasteiger partial charge in [-0.3, -0.25) is 4.79 Å². The molecule has 0 atom stereocenters. The van der Waals surface area contributed by atoms with Gasteiger partial charge in [-0.2, -0.15) is 0 Å². The van der Waals surface area contributed by atoms with Gasteiger partial charge in [-0.05, 0) is 30.3 Å². The largest absolute Gasteiger partial charge is 0.507 e. The summed E-state index contributed by atoms with van der Waals surface area (Å²) in [7, 11) is 1.18. The Hall–Kier alpha value is -2.69. The van der Waals surface area contributed by atoms with Gasteiger partial charge < -0.3 is 9.84 Å². The fourth-order valence-electron chi connectivity index (χ4n) is 1.76. The van der Waals surface area contributed by atoms with Crippen molar-refractivity contribution in [3.8, 4) is 5.75 Å². The molecule has 102 valence electrons. The normalized spacial score (nSPS) is 10.1. The standard InChI is InChI=1S/C15H11FO4/c1-20-15(19)11-7-6-9(8-13(11)17)14(18)10-4-2-3-5-12(10)16/h2-8,17H,1H3. The van der Waals surface area contributed by atoms with E-state index in [0.717, 1.165) is 6.07 Å². The number of rotatable bonds is 3. The van der Waals surface area contributed by atoms with Crippen molar-refractivity contribution in [1.29, 1.82) is 0 Å². The van der Waals surface area contributed by atoms with E-state index in [1.54, 1.807) is 6.07 Å². The lowest BCUT2D eigenvalue weighted by Gasteiger charge is -2.06. The fourth-order valence-corrected chi connectivity index (χ4v) is 1.76. The molecule has 0 aromatic heterocycles. The lowest BCUT2D eigenvalue weighted by Crippen LogP contribution is -2.06. The molecule has 0 saturated heterocycles. The Labute approximate surface area is 114 Å². The number of benzene rings is 2. The number of hydrogen-bond acceptors (Lipinski definition) is 4. The summed E-state index contributed by atoms with van der Waals surface area (Å²) in [5.74, 6) is -2.32. The maximum absolute atomic E-state index is 13.5. The van der Waals surface area contributed by atoms with Gasteiger partial charge in [0.25, 0.3) is 0 Å². The van der Waals surface area contributed by atoms with E-state index < -0.39 is 17.6 Å². The maximum atomic E-state index is 13.5. The number of esters is 1. The van der Waals surface area contributed by atoms with E-state index >= 15 is 0 Å². The second-order valence-electron chi connectivity index (χ2n) is 4.03. The third-order valence-corrected chi connectivity index (χ3v) is 2.78. The topological polar surface area (TPSA) is 63.6 Å². The van der Waals surface area contributed by atoms with Crippen LogP contribution in [0.15, 0.2) is 42.5 Å². The lowest BCUT2D eigenvalue weighted by molar-refractivity contribution is 0.0597. The quantitative estimate of drug-likeness (QED) is 0.690. The number of phenolic OH excluding ortho intramolecular Hbond substituents is 1. The Morgan fingerprint density at radius 2 is 1.80 bits per heavy atom. The van der Waals surface area contributed by atoms with Gasteiger partial charge in [-0.15, -0.1) is 0 Å². The van der Waals surface area contributed by atoms with Gasteiger partial charge in [0, 0.05) is 5.56 Å². The minimum Gasteiger partial charge on any atom is -0.507 e. The first-order chi connectivity index (χ1) is 9.54. The molecule has 4 nitrogen and oxygen atoms in total. The molecule has 2 aromatic rings. The molecule has 0 radical (unpaired) electrons. The average molecular weight is 274 g/mol. The molecule has 20 heavy (non-hydrogen) atoms. The van der Waals surface area contributed by atoms with E-state index in [4.69, 9.17) is 0 Å². The highest BCUT2D eigenvalue weighted by molar-refractivity contribution is 6.10. The highest BCUT2D eigenvalue weighted by Gasteiger charge is 2.17. The molecular weight excluding hydrogens is 263 g/mol. The molecule has 0 saturated carbocycles. The lowest BCUT2D eigenvalue weighted by atomic mass is 10.0. The summed E-state index contributed by atoms with van der Waals surface area (Å²) in [4.78, 5) is 23.4. The molecule has 0 heterocycles. The molecule has 0 aliphatic rings. The molecule has 0 spiro atoms. The highest BCUT2D eigenvalue weighted by Crippen LogP contribution is 2.22. The summed E-state index contributed by atoms with van der Waals surface area (Å²) >= 11 is 0. The van der Waals surface area contributed by atoms with Crippen LogP contribution in [0.4, 0.5) is 4.39 Å². The number of phenols is 1. The summed E-state index contributed by atoms with van der Waals surface area (Å²) in [6.45, 7) is 0. The maximum Gasteiger partial charge on any atom is 0.341 e. The number of ketones is 1. The molecule has 5 heteroatoms. The third kappa shape index (κ3) is 2.51. The molecule has 0 aliphatic heterocycles. The summed E-state index contributed by atoms with van der Waals surface area (Å²) in [5, 5.41) is 9.71. The third-order valence-electron chi connectivity index (χ3n) is 2.78. The summed E-state index contributed by atoms with van der Waals surface area (Å²) in [6.07, 6.45) is 0. The Morgan fingerprint density at radius 3 is 2.40 bits per heavy atom. The van der Waals surface area contributed by atoms with E-state index in [9.17, 15) is 19.1 Å². The van der Waals surface area contributed by atoms with E-state index in [-0.39, 0.29) is 22.4 Å². The van der Waals surface area contributed by atoms with Crippen LogP contribution in [-0.2, 0) is 4.74 Å². The van der Waals surface area contributed by atoms with Crippen molar-refractivity contribution in [2.45, 2.75) is 0 Å². The van der Waals surface area contributed by atoms with Crippen LogP contribution in [0.5, 0.6) is 5.75 Å². The number of aromatic hydroxyl groups is 1. The van der Waals surface area contributed by atoms with Gasteiger partial charge in [0.15, 0.2) is 5.78 Å². The monoisotopic (exact) mass is 274 g/mol. The van der Waals surface area contributed by atoms with Crippen molar-refractivity contribution in [2.75, 3.05) is 7.11 Å². The molecule has 2 rings (SSSR count). The highest BCUT2D eigenvalue weighted by atomic mass is 19.1. The second kappa shape index (κ2) is 5.52.